The molecule has 16 heavy (non-hydrogen) atoms. The fourth-order valence-electron chi connectivity index (χ4n) is 1.30. The third-order valence-corrected chi connectivity index (χ3v) is 2.12. The molecule has 0 aliphatic heterocycles. The molecular formula is C10H11N5O. The van der Waals surface area contributed by atoms with Crippen molar-refractivity contribution in [3.63, 3.8) is 0 Å². The SMILES string of the molecule is NNc1ccc(Cn2cnccc2=O)cn1. The molecule has 6 heteroatoms. The van der Waals surface area contributed by atoms with E-state index in [-0.39, 0.29) is 5.56 Å². The summed E-state index contributed by atoms with van der Waals surface area (Å²) < 4.78 is 1.51. The van der Waals surface area contributed by atoms with E-state index >= 15 is 0 Å². The Morgan fingerprint density at radius 1 is 1.38 bits per heavy atom. The maximum atomic E-state index is 11.4. The van der Waals surface area contributed by atoms with E-state index in [0.717, 1.165) is 5.56 Å². The second-order valence-electron chi connectivity index (χ2n) is 3.24. The summed E-state index contributed by atoms with van der Waals surface area (Å²) in [5.74, 6) is 5.78. The number of hydrogen-bond acceptors (Lipinski definition) is 5. The zero-order chi connectivity index (χ0) is 11.4. The quantitative estimate of drug-likeness (QED) is 0.557. The van der Waals surface area contributed by atoms with E-state index < -0.39 is 0 Å². The first kappa shape index (κ1) is 10.3. The molecule has 0 saturated carbocycles. The van der Waals surface area contributed by atoms with Gasteiger partial charge in [-0.05, 0) is 11.6 Å². The number of aromatic nitrogens is 3. The molecule has 0 spiro atoms. The van der Waals surface area contributed by atoms with Gasteiger partial charge in [0.1, 0.15) is 5.82 Å². The Morgan fingerprint density at radius 3 is 2.88 bits per heavy atom. The van der Waals surface area contributed by atoms with E-state index in [4.69, 9.17) is 5.84 Å². The normalized spacial score (nSPS) is 10.1. The molecule has 0 fully saturated rings. The second kappa shape index (κ2) is 4.54. The molecule has 2 heterocycles. The van der Waals surface area contributed by atoms with Crippen molar-refractivity contribution in [2.75, 3.05) is 5.43 Å². The van der Waals surface area contributed by atoms with Crippen LogP contribution in [0.3, 0.4) is 0 Å². The summed E-state index contributed by atoms with van der Waals surface area (Å²) in [6.45, 7) is 0.449. The van der Waals surface area contributed by atoms with Crippen LogP contribution in [0, 0.1) is 0 Å². The number of nitrogen functional groups attached to an aromatic ring is 1. The number of anilines is 1. The van der Waals surface area contributed by atoms with Crippen LogP contribution in [-0.2, 0) is 6.54 Å². The molecule has 3 N–H and O–H groups in total. The van der Waals surface area contributed by atoms with Crippen molar-refractivity contribution in [3.8, 4) is 0 Å². The van der Waals surface area contributed by atoms with E-state index in [1.807, 2.05) is 6.07 Å². The number of pyridine rings is 1. The monoisotopic (exact) mass is 217 g/mol. The van der Waals surface area contributed by atoms with Crippen LogP contribution >= 0.6 is 0 Å². The molecule has 0 aliphatic rings. The van der Waals surface area contributed by atoms with Crippen LogP contribution in [-0.4, -0.2) is 14.5 Å². The first-order valence-corrected chi connectivity index (χ1v) is 4.71. The van der Waals surface area contributed by atoms with Gasteiger partial charge < -0.3 is 5.43 Å². The Kier molecular flexibility index (Phi) is 2.93. The molecule has 0 saturated heterocycles. The highest BCUT2D eigenvalue weighted by molar-refractivity contribution is 5.33. The fourth-order valence-corrected chi connectivity index (χ4v) is 1.30. The number of nitrogens with two attached hydrogens (primary N) is 1. The molecule has 82 valence electrons. The van der Waals surface area contributed by atoms with Crippen LogP contribution in [0.5, 0.6) is 0 Å². The summed E-state index contributed by atoms with van der Waals surface area (Å²) in [4.78, 5) is 19.4. The fraction of sp³-hybridized carbons (Fsp3) is 0.100. The number of rotatable bonds is 3. The van der Waals surface area contributed by atoms with Crippen molar-refractivity contribution in [3.05, 3.63) is 52.8 Å². The van der Waals surface area contributed by atoms with Crippen LogP contribution in [0.2, 0.25) is 0 Å². The first-order valence-electron chi connectivity index (χ1n) is 4.71. The highest BCUT2D eigenvalue weighted by Gasteiger charge is 1.98. The molecular weight excluding hydrogens is 206 g/mol. The van der Waals surface area contributed by atoms with E-state index in [9.17, 15) is 4.79 Å². The summed E-state index contributed by atoms with van der Waals surface area (Å²) in [5.41, 5.74) is 3.26. The molecule has 2 rings (SSSR count). The van der Waals surface area contributed by atoms with Crippen LogP contribution in [0.4, 0.5) is 5.82 Å². The van der Waals surface area contributed by atoms with Crippen molar-refractivity contribution in [1.29, 1.82) is 0 Å². The van der Waals surface area contributed by atoms with Crippen LogP contribution in [0.1, 0.15) is 5.56 Å². The highest BCUT2D eigenvalue weighted by atomic mass is 16.1. The van der Waals surface area contributed by atoms with Crippen molar-refractivity contribution < 1.29 is 0 Å². The van der Waals surface area contributed by atoms with Crippen LogP contribution in [0.25, 0.3) is 0 Å². The molecule has 0 atom stereocenters. The van der Waals surface area contributed by atoms with E-state index in [1.54, 1.807) is 12.3 Å². The second-order valence-corrected chi connectivity index (χ2v) is 3.24. The number of hydrazine groups is 1. The predicted molar refractivity (Wildman–Crippen MR) is 59.6 cm³/mol. The Labute approximate surface area is 91.7 Å². The molecule has 0 bridgehead atoms. The minimum atomic E-state index is -0.0870. The van der Waals surface area contributed by atoms with Gasteiger partial charge in [-0.3, -0.25) is 9.36 Å². The lowest BCUT2D eigenvalue weighted by Gasteiger charge is -2.04. The molecule has 0 amide bonds. The lowest BCUT2D eigenvalue weighted by molar-refractivity contribution is 0.733. The van der Waals surface area contributed by atoms with Crippen molar-refractivity contribution in [2.24, 2.45) is 5.84 Å². The van der Waals surface area contributed by atoms with E-state index in [1.165, 1.54) is 23.2 Å². The topological polar surface area (TPSA) is 85.8 Å². The van der Waals surface area contributed by atoms with Crippen molar-refractivity contribution >= 4 is 5.82 Å². The standard InChI is InChI=1S/C10H11N5O/c11-14-9-2-1-8(5-13-9)6-15-7-12-4-3-10(15)16/h1-5,7H,6,11H2,(H,13,14). The largest absolute Gasteiger partial charge is 0.308 e. The Balaban J connectivity index is 2.21. The van der Waals surface area contributed by atoms with Crippen molar-refractivity contribution in [1.82, 2.24) is 14.5 Å². The van der Waals surface area contributed by atoms with Gasteiger partial charge in [-0.2, -0.15) is 0 Å². The van der Waals surface area contributed by atoms with Gasteiger partial charge in [-0.15, -0.1) is 0 Å². The predicted octanol–water partition coefficient (Wildman–Crippen LogP) is -0.0278. The number of nitrogens with one attached hydrogen (secondary N) is 1. The maximum Gasteiger partial charge on any atom is 0.253 e. The average molecular weight is 217 g/mol. The lowest BCUT2D eigenvalue weighted by atomic mass is 10.3. The molecule has 0 aromatic carbocycles. The highest BCUT2D eigenvalue weighted by Crippen LogP contribution is 2.04. The molecule has 0 radical (unpaired) electrons. The zero-order valence-electron chi connectivity index (χ0n) is 8.50. The summed E-state index contributed by atoms with van der Waals surface area (Å²) in [6, 6.07) is 5.02. The van der Waals surface area contributed by atoms with Gasteiger partial charge in [-0.1, -0.05) is 6.07 Å². The van der Waals surface area contributed by atoms with Gasteiger partial charge in [-0.25, -0.2) is 15.8 Å². The van der Waals surface area contributed by atoms with Gasteiger partial charge >= 0.3 is 0 Å². The lowest BCUT2D eigenvalue weighted by Crippen LogP contribution is -2.19. The van der Waals surface area contributed by atoms with E-state index in [0.29, 0.717) is 12.4 Å². The Bertz CT molecular complexity index is 519. The molecule has 2 aromatic rings. The van der Waals surface area contributed by atoms with Crippen LogP contribution in [0.15, 0.2) is 41.7 Å². The number of nitrogens with zero attached hydrogens (tertiary/aromatic N) is 3. The summed E-state index contributed by atoms with van der Waals surface area (Å²) in [6.07, 6.45) is 4.63. The van der Waals surface area contributed by atoms with E-state index in [2.05, 4.69) is 15.4 Å². The van der Waals surface area contributed by atoms with Crippen molar-refractivity contribution in [2.45, 2.75) is 6.54 Å². The minimum Gasteiger partial charge on any atom is -0.308 e. The van der Waals surface area contributed by atoms with Gasteiger partial charge in [0.2, 0.25) is 0 Å². The average Bonchev–Trinajstić information content (AvgIpc) is 2.33. The Morgan fingerprint density at radius 2 is 2.25 bits per heavy atom. The van der Waals surface area contributed by atoms with Gasteiger partial charge in [0, 0.05) is 18.5 Å². The summed E-state index contributed by atoms with van der Waals surface area (Å²) >= 11 is 0. The molecule has 6 nitrogen and oxygen atoms in total. The Hall–Kier alpha value is -2.21. The number of hydrogen-bond donors (Lipinski definition) is 2. The maximum absolute atomic E-state index is 11.4. The molecule has 2 aromatic heterocycles. The minimum absolute atomic E-state index is 0.0870. The van der Waals surface area contributed by atoms with Gasteiger partial charge in [0.15, 0.2) is 0 Å². The smallest absolute Gasteiger partial charge is 0.253 e. The summed E-state index contributed by atoms with van der Waals surface area (Å²) in [5, 5.41) is 0. The first-order chi connectivity index (χ1) is 7.79. The van der Waals surface area contributed by atoms with Gasteiger partial charge in [0.05, 0.1) is 12.9 Å². The zero-order valence-corrected chi connectivity index (χ0v) is 8.50. The molecule has 0 aliphatic carbocycles. The van der Waals surface area contributed by atoms with Crippen LogP contribution < -0.4 is 16.8 Å². The molecule has 0 unspecified atom stereocenters. The van der Waals surface area contributed by atoms with Gasteiger partial charge in [0.25, 0.3) is 5.56 Å². The third-order valence-electron chi connectivity index (χ3n) is 2.12. The summed E-state index contributed by atoms with van der Waals surface area (Å²) in [7, 11) is 0. The third kappa shape index (κ3) is 2.23.